The summed E-state index contributed by atoms with van der Waals surface area (Å²) in [6.45, 7) is 5.64. The number of pyridine rings is 1. The van der Waals surface area contributed by atoms with Gasteiger partial charge < -0.3 is 29.0 Å². The quantitative estimate of drug-likeness (QED) is 0.246. The van der Waals surface area contributed by atoms with E-state index in [-0.39, 0.29) is 28.7 Å². The van der Waals surface area contributed by atoms with Crippen molar-refractivity contribution in [3.63, 3.8) is 0 Å². The number of furan rings is 1. The number of halogens is 1. The number of aromatic nitrogens is 3. The number of benzene rings is 2. The molecule has 0 unspecified atom stereocenters. The van der Waals surface area contributed by atoms with Crippen molar-refractivity contribution in [2.75, 3.05) is 20.8 Å². The zero-order chi connectivity index (χ0) is 30.0. The average Bonchev–Trinajstić information content (AvgIpc) is 3.66. The van der Waals surface area contributed by atoms with Gasteiger partial charge in [-0.3, -0.25) is 9.59 Å². The summed E-state index contributed by atoms with van der Waals surface area (Å²) in [5.74, 6) is -0.166. The number of carbonyl (C=O) groups excluding carboxylic acids is 2. The largest absolute Gasteiger partial charge is 0.493 e. The van der Waals surface area contributed by atoms with Crippen LogP contribution in [0, 0.1) is 5.82 Å². The Morgan fingerprint density at radius 2 is 1.81 bits per heavy atom. The van der Waals surface area contributed by atoms with Crippen molar-refractivity contribution in [2.24, 2.45) is 0 Å². The summed E-state index contributed by atoms with van der Waals surface area (Å²) in [4.78, 5) is 35.0. The predicted molar refractivity (Wildman–Crippen MR) is 151 cm³/mol. The lowest BCUT2D eigenvalue weighted by atomic mass is 9.98. The third-order valence-electron chi connectivity index (χ3n) is 6.60. The highest BCUT2D eigenvalue weighted by Crippen LogP contribution is 2.41. The summed E-state index contributed by atoms with van der Waals surface area (Å²) in [6, 6.07) is 10.7. The molecule has 0 atom stereocenters. The molecule has 0 aliphatic carbocycles. The monoisotopic (exact) mass is 573 g/mol. The second-order valence-electron chi connectivity index (χ2n) is 9.78. The maximum atomic E-state index is 13.6. The molecule has 5 rings (SSSR count). The molecule has 2 N–H and O–H groups in total. The first-order valence-corrected chi connectivity index (χ1v) is 13.0. The molecule has 0 spiro atoms. The number of hydrogen-bond donors (Lipinski definition) is 2. The fraction of sp³-hybridized carbons (Fsp3) is 0.233. The zero-order valence-corrected chi connectivity index (χ0v) is 23.6. The summed E-state index contributed by atoms with van der Waals surface area (Å²) < 4.78 is 35.9. The second-order valence-corrected chi connectivity index (χ2v) is 9.78. The molecule has 2 amide bonds. The van der Waals surface area contributed by atoms with Gasteiger partial charge in [0.05, 0.1) is 24.8 Å². The van der Waals surface area contributed by atoms with Crippen LogP contribution in [-0.4, -0.2) is 47.7 Å². The number of ether oxygens (including phenoxy) is 2. The van der Waals surface area contributed by atoms with E-state index in [0.717, 1.165) is 0 Å². The molecule has 0 bridgehead atoms. The van der Waals surface area contributed by atoms with Crippen LogP contribution in [-0.2, 0) is 5.54 Å². The van der Waals surface area contributed by atoms with Crippen molar-refractivity contribution in [1.82, 2.24) is 25.8 Å². The van der Waals surface area contributed by atoms with Crippen LogP contribution in [0.4, 0.5) is 4.39 Å². The molecule has 0 saturated heterocycles. The van der Waals surface area contributed by atoms with E-state index >= 15 is 0 Å². The number of nitrogens with one attached hydrogen (secondary N) is 2. The van der Waals surface area contributed by atoms with Gasteiger partial charge in [-0.15, -0.1) is 0 Å². The minimum Gasteiger partial charge on any atom is -0.493 e. The van der Waals surface area contributed by atoms with Crippen molar-refractivity contribution < 1.29 is 32.4 Å². The third-order valence-corrected chi connectivity index (χ3v) is 6.60. The summed E-state index contributed by atoms with van der Waals surface area (Å²) in [5.41, 5.74) is 1.46. The highest BCUT2D eigenvalue weighted by atomic mass is 19.1. The van der Waals surface area contributed by atoms with Gasteiger partial charge in [0.2, 0.25) is 12.3 Å². The smallest absolute Gasteiger partial charge is 0.257 e. The molecular formula is C30H28FN5O6. The fourth-order valence-corrected chi connectivity index (χ4v) is 4.56. The Balaban J connectivity index is 1.66. The summed E-state index contributed by atoms with van der Waals surface area (Å²) in [6.07, 6.45) is 2.73. The summed E-state index contributed by atoms with van der Waals surface area (Å²) >= 11 is 0. The number of hydrogen-bond acceptors (Lipinski definition) is 9. The van der Waals surface area contributed by atoms with Gasteiger partial charge in [0.15, 0.2) is 5.82 Å². The Kier molecular flexibility index (Phi) is 7.62. The highest BCUT2D eigenvalue weighted by Gasteiger charge is 2.30. The molecule has 216 valence electrons. The van der Waals surface area contributed by atoms with Gasteiger partial charge in [0.25, 0.3) is 11.8 Å². The predicted octanol–water partition coefficient (Wildman–Crippen LogP) is 5.12. The number of fused-ring (bicyclic) bond motifs is 1. The van der Waals surface area contributed by atoms with Crippen LogP contribution in [0.2, 0.25) is 0 Å². The van der Waals surface area contributed by atoms with E-state index < -0.39 is 17.3 Å². The van der Waals surface area contributed by atoms with E-state index in [1.54, 1.807) is 38.2 Å². The SMILES string of the molecule is CCOc1cc2oc(-c3ccc(F)cc3)c(C(=O)NC)c2cc1-c1cnc(OC)c(C(=O)NC(C)(C)c2ncon2)c1. The molecule has 0 radical (unpaired) electrons. The first kappa shape index (κ1) is 28.3. The summed E-state index contributed by atoms with van der Waals surface area (Å²) in [7, 11) is 2.93. The topological polar surface area (TPSA) is 142 Å². The van der Waals surface area contributed by atoms with Crippen LogP contribution >= 0.6 is 0 Å². The Morgan fingerprint density at radius 3 is 2.45 bits per heavy atom. The molecule has 11 nitrogen and oxygen atoms in total. The van der Waals surface area contributed by atoms with Gasteiger partial charge in [-0.25, -0.2) is 9.37 Å². The molecule has 5 aromatic rings. The molecule has 0 aliphatic heterocycles. The van der Waals surface area contributed by atoms with Crippen molar-refractivity contribution in [2.45, 2.75) is 26.3 Å². The lowest BCUT2D eigenvalue weighted by Crippen LogP contribution is -2.42. The number of methoxy groups -OCH3 is 1. The molecule has 42 heavy (non-hydrogen) atoms. The number of carbonyl (C=O) groups is 2. The van der Waals surface area contributed by atoms with Crippen LogP contribution in [0.5, 0.6) is 11.6 Å². The van der Waals surface area contributed by atoms with Crippen molar-refractivity contribution >= 4 is 22.8 Å². The maximum Gasteiger partial charge on any atom is 0.257 e. The van der Waals surface area contributed by atoms with Crippen molar-refractivity contribution in [3.05, 3.63) is 77.8 Å². The van der Waals surface area contributed by atoms with Gasteiger partial charge in [-0.2, -0.15) is 4.98 Å². The standard InChI is InChI=1S/C30H28FN5O6/c1-6-40-22-13-23-20(24(27(38)32-4)25(42-23)16-7-9-18(31)10-8-16)12-19(22)17-11-21(28(39-5)33-14-17)26(37)35-30(2,3)29-34-15-41-36-29/h7-15H,6H2,1-5H3,(H,32,38)(H,35,37). The van der Waals surface area contributed by atoms with Crippen molar-refractivity contribution in [1.29, 1.82) is 0 Å². The second kappa shape index (κ2) is 11.3. The molecular weight excluding hydrogens is 545 g/mol. The Bertz CT molecular complexity index is 1760. The first-order valence-electron chi connectivity index (χ1n) is 13.0. The molecule has 3 aromatic heterocycles. The maximum absolute atomic E-state index is 13.6. The van der Waals surface area contributed by atoms with Crippen LogP contribution in [0.3, 0.4) is 0 Å². The van der Waals surface area contributed by atoms with Gasteiger partial charge in [0, 0.05) is 41.4 Å². The fourth-order valence-electron chi connectivity index (χ4n) is 4.56. The lowest BCUT2D eigenvalue weighted by Gasteiger charge is -2.23. The Morgan fingerprint density at radius 1 is 1.05 bits per heavy atom. The van der Waals surface area contributed by atoms with Gasteiger partial charge in [-0.1, -0.05) is 5.16 Å². The lowest BCUT2D eigenvalue weighted by molar-refractivity contribution is 0.0902. The van der Waals surface area contributed by atoms with Crippen LogP contribution in [0.15, 0.2) is 64.0 Å². The first-order chi connectivity index (χ1) is 20.2. The molecule has 3 heterocycles. The van der Waals surface area contributed by atoms with E-state index in [9.17, 15) is 14.0 Å². The summed E-state index contributed by atoms with van der Waals surface area (Å²) in [5, 5.41) is 9.86. The number of nitrogens with zero attached hydrogens (tertiary/aromatic N) is 3. The minimum atomic E-state index is -0.962. The Hall–Kier alpha value is -5.26. The van der Waals surface area contributed by atoms with Gasteiger partial charge >= 0.3 is 0 Å². The molecule has 0 fully saturated rings. The third kappa shape index (κ3) is 5.26. The zero-order valence-electron chi connectivity index (χ0n) is 23.6. The van der Waals surface area contributed by atoms with Gasteiger partial charge in [0.1, 0.15) is 28.5 Å². The van der Waals surface area contributed by atoms with E-state index in [0.29, 0.717) is 45.8 Å². The van der Waals surface area contributed by atoms with E-state index in [1.807, 2.05) is 6.92 Å². The van der Waals surface area contributed by atoms with Crippen LogP contribution in [0.1, 0.15) is 47.3 Å². The number of rotatable bonds is 9. The average molecular weight is 574 g/mol. The van der Waals surface area contributed by atoms with E-state index in [1.165, 1.54) is 44.8 Å². The molecule has 0 aliphatic rings. The van der Waals surface area contributed by atoms with Gasteiger partial charge in [-0.05, 0) is 57.2 Å². The van der Waals surface area contributed by atoms with Crippen molar-refractivity contribution in [3.8, 4) is 34.1 Å². The highest BCUT2D eigenvalue weighted by molar-refractivity contribution is 6.12. The normalized spacial score (nSPS) is 11.4. The molecule has 2 aromatic carbocycles. The van der Waals surface area contributed by atoms with Crippen LogP contribution in [0.25, 0.3) is 33.4 Å². The van der Waals surface area contributed by atoms with E-state index in [2.05, 4.69) is 25.8 Å². The Labute approximate surface area is 240 Å². The molecule has 0 saturated carbocycles. The van der Waals surface area contributed by atoms with E-state index in [4.69, 9.17) is 18.4 Å². The molecule has 12 heteroatoms. The minimum absolute atomic E-state index is 0.104. The van der Waals surface area contributed by atoms with Crippen LogP contribution < -0.4 is 20.1 Å². The number of amides is 2.